The number of aromatic nitrogens is 2. The molecule has 0 saturated carbocycles. The van der Waals surface area contributed by atoms with Crippen LogP contribution in [0.2, 0.25) is 0 Å². The smallest absolute Gasteiger partial charge is 0.256 e. The molecule has 0 aliphatic carbocycles. The van der Waals surface area contributed by atoms with Crippen molar-refractivity contribution >= 4 is 22.8 Å². The number of nitrogens with zero attached hydrogens (tertiary/aromatic N) is 4. The Morgan fingerprint density at radius 3 is 2.93 bits per heavy atom. The third kappa shape index (κ3) is 4.10. The van der Waals surface area contributed by atoms with Crippen LogP contribution in [0.3, 0.4) is 0 Å². The highest BCUT2D eigenvalue weighted by Gasteiger charge is 2.42. The van der Waals surface area contributed by atoms with Gasteiger partial charge in [-0.25, -0.2) is 0 Å². The summed E-state index contributed by atoms with van der Waals surface area (Å²) in [6.07, 6.45) is 7.55. The van der Waals surface area contributed by atoms with Crippen LogP contribution in [0.4, 0.5) is 0 Å². The molecule has 1 atom stereocenters. The second kappa shape index (κ2) is 8.45. The number of carbonyl (C=O) groups excluding carboxylic acids is 2. The van der Waals surface area contributed by atoms with Crippen LogP contribution in [-0.2, 0) is 9.53 Å². The Bertz CT molecular complexity index is 897. The SMILES string of the molecule is COCCCN1C[C@@]2(CCCN(C(=O)c3cccc4nccnc34)C2)CCC1=O. The highest BCUT2D eigenvalue weighted by Crippen LogP contribution is 2.39. The average molecular weight is 396 g/mol. The molecule has 3 heterocycles. The summed E-state index contributed by atoms with van der Waals surface area (Å²) >= 11 is 0. The van der Waals surface area contributed by atoms with Crippen LogP contribution in [0, 0.1) is 5.41 Å². The number of hydrogen-bond donors (Lipinski definition) is 0. The Morgan fingerprint density at radius 2 is 2.07 bits per heavy atom. The van der Waals surface area contributed by atoms with Gasteiger partial charge in [-0.3, -0.25) is 19.6 Å². The Hall–Kier alpha value is -2.54. The van der Waals surface area contributed by atoms with Crippen molar-refractivity contribution in [3.05, 3.63) is 36.2 Å². The number of methoxy groups -OCH3 is 1. The minimum absolute atomic E-state index is 0.00878. The maximum absolute atomic E-state index is 13.4. The zero-order chi connectivity index (χ0) is 20.3. The lowest BCUT2D eigenvalue weighted by atomic mass is 9.73. The predicted molar refractivity (Wildman–Crippen MR) is 109 cm³/mol. The molecule has 2 aliphatic heterocycles. The van der Waals surface area contributed by atoms with Crippen molar-refractivity contribution in [3.63, 3.8) is 0 Å². The van der Waals surface area contributed by atoms with Gasteiger partial charge in [-0.1, -0.05) is 6.07 Å². The quantitative estimate of drug-likeness (QED) is 0.726. The molecule has 29 heavy (non-hydrogen) atoms. The highest BCUT2D eigenvalue weighted by molar-refractivity contribution is 6.04. The number of ether oxygens (including phenoxy) is 1. The van der Waals surface area contributed by atoms with E-state index in [0.717, 1.165) is 50.8 Å². The van der Waals surface area contributed by atoms with Crippen LogP contribution < -0.4 is 0 Å². The molecule has 7 heteroatoms. The van der Waals surface area contributed by atoms with Gasteiger partial charge in [-0.15, -0.1) is 0 Å². The Kier molecular flexibility index (Phi) is 5.76. The maximum atomic E-state index is 13.4. The first-order valence-corrected chi connectivity index (χ1v) is 10.4. The summed E-state index contributed by atoms with van der Waals surface area (Å²) in [5, 5.41) is 0. The summed E-state index contributed by atoms with van der Waals surface area (Å²) in [7, 11) is 1.68. The van der Waals surface area contributed by atoms with Crippen LogP contribution >= 0.6 is 0 Å². The van der Waals surface area contributed by atoms with Crippen molar-refractivity contribution in [1.29, 1.82) is 0 Å². The summed E-state index contributed by atoms with van der Waals surface area (Å²) in [6, 6.07) is 5.57. The van der Waals surface area contributed by atoms with E-state index in [2.05, 4.69) is 9.97 Å². The fourth-order valence-electron chi connectivity index (χ4n) is 4.76. The van der Waals surface area contributed by atoms with E-state index in [1.165, 1.54) is 0 Å². The van der Waals surface area contributed by atoms with Crippen molar-refractivity contribution in [2.45, 2.75) is 32.1 Å². The first-order valence-electron chi connectivity index (χ1n) is 10.4. The van der Waals surface area contributed by atoms with Gasteiger partial charge in [0.2, 0.25) is 5.91 Å². The Labute approximate surface area is 171 Å². The number of para-hydroxylation sites is 1. The molecule has 154 valence electrons. The molecule has 2 saturated heterocycles. The minimum atomic E-state index is -0.00878. The summed E-state index contributed by atoms with van der Waals surface area (Å²) in [5.74, 6) is 0.234. The number of amides is 2. The normalized spacial score (nSPS) is 22.4. The van der Waals surface area contributed by atoms with Gasteiger partial charge < -0.3 is 14.5 Å². The lowest BCUT2D eigenvalue weighted by Crippen LogP contribution is -2.55. The number of rotatable bonds is 5. The van der Waals surface area contributed by atoms with E-state index in [1.807, 2.05) is 28.0 Å². The van der Waals surface area contributed by atoms with E-state index in [4.69, 9.17) is 4.74 Å². The topological polar surface area (TPSA) is 75.6 Å². The van der Waals surface area contributed by atoms with E-state index in [0.29, 0.717) is 30.7 Å². The molecule has 0 N–H and O–H groups in total. The fraction of sp³-hybridized carbons (Fsp3) is 0.545. The third-order valence-corrected chi connectivity index (χ3v) is 6.20. The first-order chi connectivity index (χ1) is 14.1. The molecule has 1 aromatic carbocycles. The first kappa shape index (κ1) is 19.8. The summed E-state index contributed by atoms with van der Waals surface area (Å²) < 4.78 is 5.14. The molecule has 4 rings (SSSR count). The summed E-state index contributed by atoms with van der Waals surface area (Å²) in [5.41, 5.74) is 1.99. The standard InChI is InChI=1S/C22H28N4O3/c1-29-14-4-13-25-15-22(9-7-19(25)27)8-3-12-26(16-22)21(28)17-5-2-6-18-20(17)24-11-10-23-18/h2,5-6,10-11H,3-4,7-9,12-16H2,1H3/t22-/m1/s1. The van der Waals surface area contributed by atoms with Gasteiger partial charge in [-0.05, 0) is 37.8 Å². The molecule has 7 nitrogen and oxygen atoms in total. The van der Waals surface area contributed by atoms with Crippen LogP contribution in [0.5, 0.6) is 0 Å². The highest BCUT2D eigenvalue weighted by atomic mass is 16.5. The lowest BCUT2D eigenvalue weighted by molar-refractivity contribution is -0.139. The summed E-state index contributed by atoms with van der Waals surface area (Å²) in [6.45, 7) is 3.55. The molecule has 0 bridgehead atoms. The molecule has 0 radical (unpaired) electrons. The van der Waals surface area contributed by atoms with Crippen LogP contribution in [-0.4, -0.2) is 71.5 Å². The Balaban J connectivity index is 1.51. The van der Waals surface area contributed by atoms with E-state index in [9.17, 15) is 9.59 Å². The van der Waals surface area contributed by atoms with Crippen molar-refractivity contribution in [3.8, 4) is 0 Å². The molecular weight excluding hydrogens is 368 g/mol. The molecule has 2 fully saturated rings. The van der Waals surface area contributed by atoms with Crippen molar-refractivity contribution in [2.24, 2.45) is 5.41 Å². The summed E-state index contributed by atoms with van der Waals surface area (Å²) in [4.78, 5) is 38.4. The van der Waals surface area contributed by atoms with Gasteiger partial charge in [0.05, 0.1) is 11.1 Å². The lowest BCUT2D eigenvalue weighted by Gasteiger charge is -2.48. The number of fused-ring (bicyclic) bond motifs is 1. The van der Waals surface area contributed by atoms with Gasteiger partial charge >= 0.3 is 0 Å². The largest absolute Gasteiger partial charge is 0.385 e. The van der Waals surface area contributed by atoms with E-state index in [-0.39, 0.29) is 17.2 Å². The van der Waals surface area contributed by atoms with Crippen LogP contribution in [0.1, 0.15) is 42.5 Å². The van der Waals surface area contributed by atoms with Gasteiger partial charge in [-0.2, -0.15) is 0 Å². The molecular formula is C22H28N4O3. The number of carbonyl (C=O) groups is 2. The van der Waals surface area contributed by atoms with Crippen molar-refractivity contribution in [1.82, 2.24) is 19.8 Å². The molecule has 1 spiro atoms. The number of likely N-dealkylation sites (tertiary alicyclic amines) is 2. The fourth-order valence-corrected chi connectivity index (χ4v) is 4.76. The minimum Gasteiger partial charge on any atom is -0.385 e. The molecule has 0 unspecified atom stereocenters. The van der Waals surface area contributed by atoms with Gasteiger partial charge in [0.15, 0.2) is 0 Å². The molecule has 2 amide bonds. The second-order valence-electron chi connectivity index (χ2n) is 8.22. The second-order valence-corrected chi connectivity index (χ2v) is 8.22. The molecule has 2 aromatic rings. The predicted octanol–water partition coefficient (Wildman–Crippen LogP) is 2.51. The molecule has 2 aliphatic rings. The zero-order valence-corrected chi connectivity index (χ0v) is 17.0. The molecule has 1 aromatic heterocycles. The third-order valence-electron chi connectivity index (χ3n) is 6.20. The van der Waals surface area contributed by atoms with Crippen molar-refractivity contribution < 1.29 is 14.3 Å². The van der Waals surface area contributed by atoms with Crippen LogP contribution in [0.15, 0.2) is 30.6 Å². The van der Waals surface area contributed by atoms with Crippen LogP contribution in [0.25, 0.3) is 11.0 Å². The number of benzene rings is 1. The zero-order valence-electron chi connectivity index (χ0n) is 17.0. The number of hydrogen-bond acceptors (Lipinski definition) is 5. The average Bonchev–Trinajstić information content (AvgIpc) is 2.76. The van der Waals surface area contributed by atoms with Gasteiger partial charge in [0.1, 0.15) is 5.52 Å². The van der Waals surface area contributed by atoms with E-state index < -0.39 is 0 Å². The van der Waals surface area contributed by atoms with Gasteiger partial charge in [0, 0.05) is 64.1 Å². The monoisotopic (exact) mass is 396 g/mol. The Morgan fingerprint density at radius 1 is 1.21 bits per heavy atom. The van der Waals surface area contributed by atoms with E-state index >= 15 is 0 Å². The van der Waals surface area contributed by atoms with Gasteiger partial charge in [0.25, 0.3) is 5.91 Å². The number of piperidine rings is 2. The van der Waals surface area contributed by atoms with Crippen molar-refractivity contribution in [2.75, 3.05) is 39.9 Å². The maximum Gasteiger partial charge on any atom is 0.256 e. The van der Waals surface area contributed by atoms with E-state index in [1.54, 1.807) is 19.5 Å².